The van der Waals surface area contributed by atoms with Gasteiger partial charge in [-0.15, -0.1) is 0 Å². The van der Waals surface area contributed by atoms with E-state index in [-0.39, 0.29) is 11.4 Å². The molecule has 2 nitrogen and oxygen atoms in total. The average molecular weight is 255 g/mol. The maximum Gasteiger partial charge on any atom is 0.202 e. The molecule has 0 unspecified atom stereocenters. The Kier molecular flexibility index (Phi) is 4.04. The van der Waals surface area contributed by atoms with E-state index in [0.29, 0.717) is 12.5 Å². The molecule has 0 heterocycles. The van der Waals surface area contributed by atoms with Gasteiger partial charge in [-0.2, -0.15) is 4.39 Å². The zero-order valence-corrected chi connectivity index (χ0v) is 10.6. The second-order valence-corrected chi connectivity index (χ2v) is 5.22. The van der Waals surface area contributed by atoms with Gasteiger partial charge in [-0.25, -0.2) is 4.39 Å². The SMILES string of the molecule is CC1CCC(COc2ccc(N)c(F)c2F)CC1. The lowest BCUT2D eigenvalue weighted by Gasteiger charge is -2.26. The number of nitrogens with two attached hydrogens (primary N) is 1. The number of anilines is 1. The molecule has 0 aromatic heterocycles. The van der Waals surface area contributed by atoms with E-state index in [2.05, 4.69) is 6.92 Å². The van der Waals surface area contributed by atoms with Gasteiger partial charge in [0.2, 0.25) is 5.82 Å². The first-order chi connectivity index (χ1) is 8.58. The molecule has 0 radical (unpaired) electrons. The van der Waals surface area contributed by atoms with Crippen molar-refractivity contribution in [2.75, 3.05) is 12.3 Å². The lowest BCUT2D eigenvalue weighted by atomic mass is 9.83. The second kappa shape index (κ2) is 5.55. The van der Waals surface area contributed by atoms with Crippen LogP contribution >= 0.6 is 0 Å². The first-order valence-electron chi connectivity index (χ1n) is 6.44. The normalized spacial score (nSPS) is 23.9. The predicted octanol–water partition coefficient (Wildman–Crippen LogP) is 3.75. The van der Waals surface area contributed by atoms with Gasteiger partial charge in [0.1, 0.15) is 0 Å². The molecule has 100 valence electrons. The standard InChI is InChI=1S/C14H19F2NO/c1-9-2-4-10(5-3-9)8-18-12-7-6-11(17)13(15)14(12)16/h6-7,9-10H,2-5,8,17H2,1H3. The number of rotatable bonds is 3. The zero-order valence-electron chi connectivity index (χ0n) is 10.6. The van der Waals surface area contributed by atoms with Crippen LogP contribution in [0.1, 0.15) is 32.6 Å². The van der Waals surface area contributed by atoms with Crippen LogP contribution in [-0.2, 0) is 0 Å². The van der Waals surface area contributed by atoms with Gasteiger partial charge in [-0.05, 0) is 36.8 Å². The van der Waals surface area contributed by atoms with Crippen LogP contribution in [0.5, 0.6) is 5.75 Å². The third-order valence-corrected chi connectivity index (χ3v) is 3.69. The molecule has 1 aromatic carbocycles. The van der Waals surface area contributed by atoms with E-state index in [9.17, 15) is 8.78 Å². The van der Waals surface area contributed by atoms with Gasteiger partial charge < -0.3 is 10.5 Å². The molecule has 0 atom stereocenters. The molecule has 4 heteroatoms. The Bertz CT molecular complexity index is 415. The predicted molar refractivity (Wildman–Crippen MR) is 67.4 cm³/mol. The van der Waals surface area contributed by atoms with Gasteiger partial charge in [0.15, 0.2) is 11.6 Å². The number of nitrogen functional groups attached to an aromatic ring is 1. The van der Waals surface area contributed by atoms with Crippen molar-refractivity contribution in [3.8, 4) is 5.75 Å². The molecule has 0 amide bonds. The molecule has 1 saturated carbocycles. The molecule has 0 aliphatic heterocycles. The minimum Gasteiger partial charge on any atom is -0.490 e. The Labute approximate surface area is 106 Å². The van der Waals surface area contributed by atoms with Crippen LogP contribution in [0.2, 0.25) is 0 Å². The molecule has 18 heavy (non-hydrogen) atoms. The Hall–Kier alpha value is -1.32. The van der Waals surface area contributed by atoms with Crippen molar-refractivity contribution < 1.29 is 13.5 Å². The summed E-state index contributed by atoms with van der Waals surface area (Å²) in [6.45, 7) is 2.69. The van der Waals surface area contributed by atoms with Crippen LogP contribution in [0.4, 0.5) is 14.5 Å². The van der Waals surface area contributed by atoms with Crippen LogP contribution in [0.3, 0.4) is 0 Å². The van der Waals surface area contributed by atoms with Gasteiger partial charge in [-0.1, -0.05) is 19.8 Å². The Morgan fingerprint density at radius 1 is 1.17 bits per heavy atom. The number of hydrogen-bond donors (Lipinski definition) is 1. The molecule has 2 rings (SSSR count). The van der Waals surface area contributed by atoms with Crippen molar-refractivity contribution in [1.82, 2.24) is 0 Å². The molecular formula is C14H19F2NO. The van der Waals surface area contributed by atoms with Gasteiger partial charge >= 0.3 is 0 Å². The van der Waals surface area contributed by atoms with Crippen LogP contribution in [0.25, 0.3) is 0 Å². The monoisotopic (exact) mass is 255 g/mol. The Morgan fingerprint density at radius 2 is 1.83 bits per heavy atom. The molecule has 0 bridgehead atoms. The van der Waals surface area contributed by atoms with Crippen molar-refractivity contribution in [1.29, 1.82) is 0 Å². The summed E-state index contributed by atoms with van der Waals surface area (Å²) in [5.41, 5.74) is 5.08. The summed E-state index contributed by atoms with van der Waals surface area (Å²) in [6, 6.07) is 2.72. The summed E-state index contributed by atoms with van der Waals surface area (Å²) in [5.74, 6) is -0.836. The molecule has 1 aliphatic rings. The van der Waals surface area contributed by atoms with E-state index in [1.54, 1.807) is 0 Å². The average Bonchev–Trinajstić information content (AvgIpc) is 2.37. The Balaban J connectivity index is 1.92. The fraction of sp³-hybridized carbons (Fsp3) is 0.571. The topological polar surface area (TPSA) is 35.2 Å². The Morgan fingerprint density at radius 3 is 2.50 bits per heavy atom. The van der Waals surface area contributed by atoms with Crippen molar-refractivity contribution in [2.24, 2.45) is 11.8 Å². The third-order valence-electron chi connectivity index (χ3n) is 3.69. The quantitative estimate of drug-likeness (QED) is 0.835. The second-order valence-electron chi connectivity index (χ2n) is 5.22. The van der Waals surface area contributed by atoms with Gasteiger partial charge in [0.25, 0.3) is 0 Å². The first-order valence-corrected chi connectivity index (χ1v) is 6.44. The van der Waals surface area contributed by atoms with E-state index in [1.807, 2.05) is 0 Å². The fourth-order valence-corrected chi connectivity index (χ4v) is 2.36. The maximum absolute atomic E-state index is 13.5. The van der Waals surface area contributed by atoms with E-state index < -0.39 is 11.6 Å². The minimum atomic E-state index is -1.02. The van der Waals surface area contributed by atoms with E-state index in [4.69, 9.17) is 10.5 Å². The lowest BCUT2D eigenvalue weighted by molar-refractivity contribution is 0.182. The van der Waals surface area contributed by atoms with Crippen LogP contribution in [0.15, 0.2) is 12.1 Å². The number of benzene rings is 1. The molecule has 0 spiro atoms. The highest BCUT2D eigenvalue weighted by molar-refractivity contribution is 5.44. The van der Waals surface area contributed by atoms with Crippen molar-refractivity contribution in [2.45, 2.75) is 32.6 Å². The van der Waals surface area contributed by atoms with Gasteiger partial charge in [-0.3, -0.25) is 0 Å². The van der Waals surface area contributed by atoms with Crippen LogP contribution < -0.4 is 10.5 Å². The van der Waals surface area contributed by atoms with Crippen LogP contribution in [-0.4, -0.2) is 6.61 Å². The van der Waals surface area contributed by atoms with E-state index in [0.717, 1.165) is 18.8 Å². The summed E-state index contributed by atoms with van der Waals surface area (Å²) in [6.07, 6.45) is 4.57. The molecule has 1 aliphatic carbocycles. The number of ether oxygens (including phenoxy) is 1. The molecule has 0 saturated heterocycles. The number of halogens is 2. The lowest BCUT2D eigenvalue weighted by Crippen LogP contribution is -2.19. The highest BCUT2D eigenvalue weighted by atomic mass is 19.2. The zero-order chi connectivity index (χ0) is 13.1. The fourth-order valence-electron chi connectivity index (χ4n) is 2.36. The van der Waals surface area contributed by atoms with E-state index in [1.165, 1.54) is 25.0 Å². The summed E-state index contributed by atoms with van der Waals surface area (Å²) < 4.78 is 32.1. The molecule has 1 fully saturated rings. The molecular weight excluding hydrogens is 236 g/mol. The summed E-state index contributed by atoms with van der Waals surface area (Å²) >= 11 is 0. The van der Waals surface area contributed by atoms with Gasteiger partial charge in [0.05, 0.1) is 12.3 Å². The highest BCUT2D eigenvalue weighted by Gasteiger charge is 2.20. The van der Waals surface area contributed by atoms with Gasteiger partial charge in [0, 0.05) is 0 Å². The van der Waals surface area contributed by atoms with Crippen molar-refractivity contribution in [3.63, 3.8) is 0 Å². The van der Waals surface area contributed by atoms with Crippen LogP contribution in [0, 0.1) is 23.5 Å². The van der Waals surface area contributed by atoms with Crippen molar-refractivity contribution >= 4 is 5.69 Å². The molecule has 1 aromatic rings. The van der Waals surface area contributed by atoms with E-state index >= 15 is 0 Å². The summed E-state index contributed by atoms with van der Waals surface area (Å²) in [7, 11) is 0. The minimum absolute atomic E-state index is 0.0414. The first kappa shape index (κ1) is 13.1. The van der Waals surface area contributed by atoms with Crippen molar-refractivity contribution in [3.05, 3.63) is 23.8 Å². The highest BCUT2D eigenvalue weighted by Crippen LogP contribution is 2.30. The third kappa shape index (κ3) is 2.92. The summed E-state index contributed by atoms with van der Waals surface area (Å²) in [4.78, 5) is 0. The smallest absolute Gasteiger partial charge is 0.202 e. The number of hydrogen-bond acceptors (Lipinski definition) is 2. The summed E-state index contributed by atoms with van der Waals surface area (Å²) in [5, 5.41) is 0. The maximum atomic E-state index is 13.5. The largest absolute Gasteiger partial charge is 0.490 e. The molecule has 2 N–H and O–H groups in total.